The van der Waals surface area contributed by atoms with Gasteiger partial charge in [0.1, 0.15) is 0 Å². The second-order valence-electron chi connectivity index (χ2n) is 5.93. The number of H-pyrrole nitrogens is 1. The molecule has 25 heavy (non-hydrogen) atoms. The van der Waals surface area contributed by atoms with Crippen LogP contribution in [-0.4, -0.2) is 43.1 Å². The molecule has 0 amide bonds. The van der Waals surface area contributed by atoms with Crippen LogP contribution in [0.2, 0.25) is 5.02 Å². The van der Waals surface area contributed by atoms with Gasteiger partial charge in [-0.3, -0.25) is 0 Å². The molecular formula is C15H19ClN8O. The van der Waals surface area contributed by atoms with Gasteiger partial charge in [-0.1, -0.05) is 25.4 Å². The zero-order valence-corrected chi connectivity index (χ0v) is 14.5. The molecule has 0 spiro atoms. The summed E-state index contributed by atoms with van der Waals surface area (Å²) in [6.45, 7) is 3.96. The van der Waals surface area contributed by atoms with Crippen LogP contribution in [0.25, 0.3) is 11.2 Å². The maximum atomic E-state index is 9.50. The minimum Gasteiger partial charge on any atom is -0.398 e. The minimum absolute atomic E-state index is 0.0335. The monoisotopic (exact) mass is 362 g/mol. The summed E-state index contributed by atoms with van der Waals surface area (Å²) in [7, 11) is 0. The molecule has 132 valence electrons. The zero-order chi connectivity index (χ0) is 18.0. The van der Waals surface area contributed by atoms with Crippen LogP contribution < -0.4 is 16.4 Å². The van der Waals surface area contributed by atoms with Gasteiger partial charge in [-0.2, -0.15) is 20.3 Å². The van der Waals surface area contributed by atoms with Crippen molar-refractivity contribution in [1.29, 1.82) is 0 Å². The molecular weight excluding hydrogens is 344 g/mol. The molecule has 2 heterocycles. The third-order valence-electron chi connectivity index (χ3n) is 3.76. The number of hydrogen-bond donors (Lipinski definition) is 5. The first-order chi connectivity index (χ1) is 12.0. The van der Waals surface area contributed by atoms with Gasteiger partial charge in [-0.25, -0.2) is 0 Å². The number of rotatable bonds is 6. The van der Waals surface area contributed by atoms with Crippen LogP contribution in [-0.2, 0) is 0 Å². The maximum Gasteiger partial charge on any atom is 0.227 e. The van der Waals surface area contributed by atoms with Gasteiger partial charge in [0, 0.05) is 5.69 Å². The quantitative estimate of drug-likeness (QED) is 0.420. The summed E-state index contributed by atoms with van der Waals surface area (Å²) in [6, 6.07) is 5.00. The van der Waals surface area contributed by atoms with Gasteiger partial charge in [-0.05, 0) is 24.1 Å². The molecule has 3 rings (SSSR count). The number of nitrogens with zero attached hydrogens (tertiary/aromatic N) is 4. The van der Waals surface area contributed by atoms with E-state index in [1.165, 1.54) is 0 Å². The highest BCUT2D eigenvalue weighted by atomic mass is 35.5. The number of aromatic amines is 1. The number of aliphatic hydroxyl groups is 1. The fourth-order valence-electron chi connectivity index (χ4n) is 2.23. The smallest absolute Gasteiger partial charge is 0.227 e. The van der Waals surface area contributed by atoms with Crippen LogP contribution in [0.4, 0.5) is 23.1 Å². The van der Waals surface area contributed by atoms with Gasteiger partial charge < -0.3 is 21.5 Å². The predicted molar refractivity (Wildman–Crippen MR) is 98.0 cm³/mol. The molecule has 0 bridgehead atoms. The molecule has 0 aliphatic rings. The Kier molecular flexibility index (Phi) is 4.86. The Labute approximate surface area is 149 Å². The zero-order valence-electron chi connectivity index (χ0n) is 13.8. The molecule has 1 aromatic carbocycles. The fraction of sp³-hybridized carbons (Fsp3) is 0.333. The van der Waals surface area contributed by atoms with Crippen LogP contribution in [0.1, 0.15) is 13.8 Å². The van der Waals surface area contributed by atoms with Crippen molar-refractivity contribution in [3.8, 4) is 0 Å². The second-order valence-corrected chi connectivity index (χ2v) is 6.34. The summed E-state index contributed by atoms with van der Waals surface area (Å²) in [4.78, 5) is 8.76. The van der Waals surface area contributed by atoms with Crippen molar-refractivity contribution < 1.29 is 5.11 Å². The van der Waals surface area contributed by atoms with Crippen molar-refractivity contribution in [3.05, 3.63) is 23.2 Å². The van der Waals surface area contributed by atoms with E-state index < -0.39 is 0 Å². The van der Waals surface area contributed by atoms with E-state index in [9.17, 15) is 5.11 Å². The van der Waals surface area contributed by atoms with Gasteiger partial charge in [0.05, 0.1) is 23.4 Å². The Morgan fingerprint density at radius 1 is 1.28 bits per heavy atom. The van der Waals surface area contributed by atoms with Crippen molar-refractivity contribution in [3.63, 3.8) is 0 Å². The molecule has 0 saturated heterocycles. The standard InChI is InChI=1S/C15H19ClN8O/c1-7(2)11(6-25)19-15-20-13(12-14(21-15)23-24-22-12)18-8-3-4-10(17)9(16)5-8/h3-5,7,11,25H,6,17H2,1-2H3,(H3,18,19,20,21,22,23,24)/t11-/m0/s1. The van der Waals surface area contributed by atoms with E-state index in [-0.39, 0.29) is 18.6 Å². The molecule has 0 fully saturated rings. The lowest BCUT2D eigenvalue weighted by molar-refractivity contribution is 0.248. The van der Waals surface area contributed by atoms with Crippen molar-refractivity contribution >= 4 is 45.9 Å². The molecule has 0 unspecified atom stereocenters. The first-order valence-corrected chi connectivity index (χ1v) is 8.13. The maximum absolute atomic E-state index is 9.50. The number of halogens is 1. The van der Waals surface area contributed by atoms with Gasteiger partial charge in [-0.15, -0.1) is 5.10 Å². The number of nitrogen functional groups attached to an aromatic ring is 1. The van der Waals surface area contributed by atoms with E-state index in [4.69, 9.17) is 17.3 Å². The molecule has 0 saturated carbocycles. The Bertz CT molecular complexity index is 881. The molecule has 1 atom stereocenters. The number of nitrogens with one attached hydrogen (secondary N) is 3. The van der Waals surface area contributed by atoms with E-state index in [1.807, 2.05) is 13.8 Å². The lowest BCUT2D eigenvalue weighted by atomic mass is 10.1. The largest absolute Gasteiger partial charge is 0.398 e. The first kappa shape index (κ1) is 17.2. The van der Waals surface area contributed by atoms with Crippen molar-refractivity contribution in [2.24, 2.45) is 5.92 Å². The van der Waals surface area contributed by atoms with Crippen LogP contribution in [0, 0.1) is 5.92 Å². The lowest BCUT2D eigenvalue weighted by Crippen LogP contribution is -2.30. The first-order valence-electron chi connectivity index (χ1n) is 7.76. The second kappa shape index (κ2) is 7.08. The highest BCUT2D eigenvalue weighted by molar-refractivity contribution is 6.33. The van der Waals surface area contributed by atoms with Gasteiger partial charge in [0.2, 0.25) is 11.6 Å². The topological polar surface area (TPSA) is 138 Å². The molecule has 2 aromatic heterocycles. The Morgan fingerprint density at radius 2 is 2.08 bits per heavy atom. The molecule has 0 radical (unpaired) electrons. The number of aliphatic hydroxyl groups excluding tert-OH is 1. The summed E-state index contributed by atoms with van der Waals surface area (Å²) in [5.74, 6) is 1.01. The predicted octanol–water partition coefficient (Wildman–Crippen LogP) is 2.16. The number of nitrogens with two attached hydrogens (primary N) is 1. The van der Waals surface area contributed by atoms with Gasteiger partial charge >= 0.3 is 0 Å². The van der Waals surface area contributed by atoms with Crippen LogP contribution in [0.3, 0.4) is 0 Å². The molecule has 0 aliphatic carbocycles. The van der Waals surface area contributed by atoms with E-state index in [1.54, 1.807) is 18.2 Å². The Balaban J connectivity index is 1.95. The van der Waals surface area contributed by atoms with Gasteiger partial charge in [0.25, 0.3) is 0 Å². The van der Waals surface area contributed by atoms with E-state index in [2.05, 4.69) is 36.0 Å². The van der Waals surface area contributed by atoms with Crippen molar-refractivity contribution in [1.82, 2.24) is 25.4 Å². The number of hydrogen-bond acceptors (Lipinski definition) is 8. The summed E-state index contributed by atoms with van der Waals surface area (Å²) < 4.78 is 0. The summed E-state index contributed by atoms with van der Waals surface area (Å²) in [5.41, 5.74) is 7.82. The third-order valence-corrected chi connectivity index (χ3v) is 4.09. The highest BCUT2D eigenvalue weighted by Gasteiger charge is 2.17. The number of aromatic nitrogens is 5. The third kappa shape index (κ3) is 3.72. The normalized spacial score (nSPS) is 12.5. The van der Waals surface area contributed by atoms with Crippen LogP contribution in [0.5, 0.6) is 0 Å². The summed E-state index contributed by atoms with van der Waals surface area (Å²) in [6.07, 6.45) is 0. The molecule has 9 nitrogen and oxygen atoms in total. The highest BCUT2D eigenvalue weighted by Crippen LogP contribution is 2.27. The Morgan fingerprint density at radius 3 is 2.76 bits per heavy atom. The van der Waals surface area contributed by atoms with E-state index >= 15 is 0 Å². The van der Waals surface area contributed by atoms with Crippen LogP contribution >= 0.6 is 11.6 Å². The minimum atomic E-state index is -0.178. The Hall–Kier alpha value is -2.65. The number of anilines is 4. The summed E-state index contributed by atoms with van der Waals surface area (Å²) >= 11 is 6.06. The molecule has 10 heteroatoms. The van der Waals surface area contributed by atoms with E-state index in [0.717, 1.165) is 0 Å². The molecule has 6 N–H and O–H groups in total. The molecule has 0 aliphatic heterocycles. The summed E-state index contributed by atoms with van der Waals surface area (Å²) in [5, 5.41) is 26.8. The van der Waals surface area contributed by atoms with Gasteiger partial charge in [0.15, 0.2) is 11.3 Å². The average molecular weight is 363 g/mol. The van der Waals surface area contributed by atoms with E-state index in [0.29, 0.717) is 39.3 Å². The van der Waals surface area contributed by atoms with Crippen LogP contribution in [0.15, 0.2) is 18.2 Å². The SMILES string of the molecule is CC(C)[C@H](CO)Nc1nc(Nc2ccc(N)c(Cl)c2)c2n[nH]nc2n1. The number of benzene rings is 1. The fourth-order valence-corrected chi connectivity index (χ4v) is 2.41. The average Bonchev–Trinajstić information content (AvgIpc) is 3.04. The van der Waals surface area contributed by atoms with Crippen molar-refractivity contribution in [2.75, 3.05) is 23.0 Å². The molecule has 3 aromatic rings. The van der Waals surface area contributed by atoms with Crippen molar-refractivity contribution in [2.45, 2.75) is 19.9 Å². The lowest BCUT2D eigenvalue weighted by Gasteiger charge is -2.20. The number of fused-ring (bicyclic) bond motifs is 1.